The summed E-state index contributed by atoms with van der Waals surface area (Å²) in [7, 11) is 1.24. The molecule has 3 N–H and O–H groups in total. The summed E-state index contributed by atoms with van der Waals surface area (Å²) >= 11 is 0. The molecular formula is C12H15N3O5. The second-order valence-electron chi connectivity index (χ2n) is 4.92. The van der Waals surface area contributed by atoms with Gasteiger partial charge in [0.15, 0.2) is 0 Å². The van der Waals surface area contributed by atoms with E-state index in [2.05, 4.69) is 10.3 Å². The Morgan fingerprint density at radius 1 is 1.35 bits per heavy atom. The Labute approximate surface area is 113 Å². The van der Waals surface area contributed by atoms with Crippen molar-refractivity contribution in [2.75, 3.05) is 0 Å². The van der Waals surface area contributed by atoms with E-state index in [1.165, 1.54) is 7.05 Å². The average molecular weight is 281 g/mol. The number of hydrogen-bond donors (Lipinski definition) is 3. The summed E-state index contributed by atoms with van der Waals surface area (Å²) in [6, 6.07) is 0. The third-order valence-corrected chi connectivity index (χ3v) is 3.64. The standard InChI is InChI=1S/C12H15N3O5/c1-15-9(17)7(6-13-11(15)20)8(16)14-12(10(18)19)4-2-3-5-12/h6H,2-5H2,1H3,(H,13,20)(H,14,16)(H,18,19). The van der Waals surface area contributed by atoms with Crippen molar-refractivity contribution in [3.63, 3.8) is 0 Å². The maximum Gasteiger partial charge on any atom is 0.329 e. The summed E-state index contributed by atoms with van der Waals surface area (Å²) in [6.45, 7) is 0. The summed E-state index contributed by atoms with van der Waals surface area (Å²) in [6.07, 6.45) is 3.08. The van der Waals surface area contributed by atoms with Gasteiger partial charge in [0.1, 0.15) is 11.1 Å². The van der Waals surface area contributed by atoms with E-state index in [9.17, 15) is 24.3 Å². The molecule has 20 heavy (non-hydrogen) atoms. The van der Waals surface area contributed by atoms with E-state index in [-0.39, 0.29) is 5.56 Å². The number of H-pyrrole nitrogens is 1. The molecule has 0 aliphatic heterocycles. The number of aromatic nitrogens is 2. The summed E-state index contributed by atoms with van der Waals surface area (Å²) in [5.74, 6) is -1.89. The van der Waals surface area contributed by atoms with Crippen molar-refractivity contribution in [3.05, 3.63) is 32.6 Å². The van der Waals surface area contributed by atoms with Crippen molar-refractivity contribution < 1.29 is 14.7 Å². The Morgan fingerprint density at radius 3 is 2.50 bits per heavy atom. The lowest BCUT2D eigenvalue weighted by Crippen LogP contribution is -2.53. The number of nitrogens with zero attached hydrogens (tertiary/aromatic N) is 1. The molecule has 1 heterocycles. The van der Waals surface area contributed by atoms with Crippen molar-refractivity contribution in [1.29, 1.82) is 0 Å². The quantitative estimate of drug-likeness (QED) is 0.669. The molecule has 1 saturated carbocycles. The van der Waals surface area contributed by atoms with E-state index in [0.29, 0.717) is 25.7 Å². The predicted octanol–water partition coefficient (Wildman–Crippen LogP) is -0.799. The van der Waals surface area contributed by atoms with Gasteiger partial charge in [0.2, 0.25) is 0 Å². The largest absolute Gasteiger partial charge is 0.480 e. The van der Waals surface area contributed by atoms with Gasteiger partial charge in [-0.25, -0.2) is 9.59 Å². The van der Waals surface area contributed by atoms with Crippen LogP contribution >= 0.6 is 0 Å². The third kappa shape index (κ3) is 2.24. The van der Waals surface area contributed by atoms with Gasteiger partial charge in [0.25, 0.3) is 11.5 Å². The molecule has 0 atom stereocenters. The van der Waals surface area contributed by atoms with Crippen LogP contribution in [0.15, 0.2) is 15.8 Å². The topological polar surface area (TPSA) is 121 Å². The number of carboxylic acid groups (broad SMARTS) is 1. The van der Waals surface area contributed by atoms with Crippen LogP contribution in [0.1, 0.15) is 36.0 Å². The molecule has 0 aromatic carbocycles. The first-order chi connectivity index (χ1) is 9.37. The molecule has 1 aromatic heterocycles. The lowest BCUT2D eigenvalue weighted by molar-refractivity contribution is -0.144. The number of hydrogen-bond acceptors (Lipinski definition) is 4. The van der Waals surface area contributed by atoms with E-state index < -0.39 is 28.7 Å². The minimum atomic E-state index is -1.32. The highest BCUT2D eigenvalue weighted by Crippen LogP contribution is 2.30. The molecule has 1 fully saturated rings. The second-order valence-corrected chi connectivity index (χ2v) is 4.92. The average Bonchev–Trinajstić information content (AvgIpc) is 2.86. The molecule has 108 valence electrons. The first-order valence-corrected chi connectivity index (χ1v) is 6.22. The molecule has 0 unspecified atom stereocenters. The number of carboxylic acids is 1. The van der Waals surface area contributed by atoms with E-state index in [4.69, 9.17) is 0 Å². The van der Waals surface area contributed by atoms with Crippen molar-refractivity contribution in [2.24, 2.45) is 7.05 Å². The van der Waals surface area contributed by atoms with Gasteiger partial charge in [-0.1, -0.05) is 12.8 Å². The first kappa shape index (κ1) is 14.0. The monoisotopic (exact) mass is 281 g/mol. The lowest BCUT2D eigenvalue weighted by atomic mass is 9.97. The van der Waals surface area contributed by atoms with Crippen LogP contribution in [0.2, 0.25) is 0 Å². The van der Waals surface area contributed by atoms with Gasteiger partial charge in [-0.2, -0.15) is 0 Å². The number of aromatic amines is 1. The van der Waals surface area contributed by atoms with E-state index in [1.807, 2.05) is 0 Å². The van der Waals surface area contributed by atoms with Crippen LogP contribution in [0, 0.1) is 0 Å². The zero-order chi connectivity index (χ0) is 14.9. The van der Waals surface area contributed by atoms with Gasteiger partial charge in [-0.15, -0.1) is 0 Å². The molecule has 1 aromatic rings. The lowest BCUT2D eigenvalue weighted by Gasteiger charge is -2.25. The summed E-state index contributed by atoms with van der Waals surface area (Å²) in [4.78, 5) is 48.7. The highest BCUT2D eigenvalue weighted by atomic mass is 16.4. The molecule has 1 amide bonds. The van der Waals surface area contributed by atoms with E-state index in [0.717, 1.165) is 10.8 Å². The van der Waals surface area contributed by atoms with Crippen LogP contribution < -0.4 is 16.6 Å². The first-order valence-electron chi connectivity index (χ1n) is 6.22. The molecule has 1 aliphatic rings. The van der Waals surface area contributed by atoms with Gasteiger partial charge in [-0.3, -0.25) is 14.2 Å². The Hall–Kier alpha value is -2.38. The number of rotatable bonds is 3. The zero-order valence-corrected chi connectivity index (χ0v) is 10.9. The van der Waals surface area contributed by atoms with Gasteiger partial charge >= 0.3 is 11.7 Å². The minimum Gasteiger partial charge on any atom is -0.480 e. The fraction of sp³-hybridized carbons (Fsp3) is 0.500. The molecule has 2 rings (SSSR count). The molecule has 0 spiro atoms. The molecule has 0 radical (unpaired) electrons. The van der Waals surface area contributed by atoms with Crippen LogP contribution in [0.5, 0.6) is 0 Å². The fourth-order valence-corrected chi connectivity index (χ4v) is 2.38. The van der Waals surface area contributed by atoms with Gasteiger partial charge in [0, 0.05) is 13.2 Å². The second kappa shape index (κ2) is 4.95. The van der Waals surface area contributed by atoms with Crippen molar-refractivity contribution >= 4 is 11.9 Å². The maximum absolute atomic E-state index is 12.1. The number of amides is 1. The highest BCUT2D eigenvalue weighted by molar-refractivity contribution is 5.97. The Morgan fingerprint density at radius 2 is 1.95 bits per heavy atom. The van der Waals surface area contributed by atoms with E-state index >= 15 is 0 Å². The number of aliphatic carboxylic acids is 1. The molecular weight excluding hydrogens is 266 g/mol. The summed E-state index contributed by atoms with van der Waals surface area (Å²) < 4.78 is 0.761. The third-order valence-electron chi connectivity index (χ3n) is 3.64. The molecule has 0 saturated heterocycles. The zero-order valence-electron chi connectivity index (χ0n) is 10.9. The fourth-order valence-electron chi connectivity index (χ4n) is 2.38. The summed E-state index contributed by atoms with van der Waals surface area (Å²) in [5.41, 5.74) is -3.00. The van der Waals surface area contributed by atoms with Crippen LogP contribution in [0.25, 0.3) is 0 Å². The molecule has 8 nitrogen and oxygen atoms in total. The van der Waals surface area contributed by atoms with Crippen molar-refractivity contribution in [3.8, 4) is 0 Å². The van der Waals surface area contributed by atoms with Gasteiger partial charge < -0.3 is 15.4 Å². The normalized spacial score (nSPS) is 16.9. The minimum absolute atomic E-state index is 0.278. The predicted molar refractivity (Wildman–Crippen MR) is 68.6 cm³/mol. The number of carbonyl (C=O) groups is 2. The Kier molecular flexibility index (Phi) is 3.47. The molecule has 0 bridgehead atoms. The highest BCUT2D eigenvalue weighted by Gasteiger charge is 2.43. The SMILES string of the molecule is Cn1c(=O)[nH]cc(C(=O)NC2(C(=O)O)CCCC2)c1=O. The van der Waals surface area contributed by atoms with Gasteiger partial charge in [0.05, 0.1) is 0 Å². The molecule has 1 aliphatic carbocycles. The number of nitrogens with one attached hydrogen (secondary N) is 2. The van der Waals surface area contributed by atoms with Crippen LogP contribution in [-0.4, -0.2) is 32.1 Å². The maximum atomic E-state index is 12.1. The Balaban J connectivity index is 2.33. The van der Waals surface area contributed by atoms with Crippen LogP contribution in [0.4, 0.5) is 0 Å². The summed E-state index contributed by atoms with van der Waals surface area (Å²) in [5, 5.41) is 11.7. The smallest absolute Gasteiger partial charge is 0.329 e. The van der Waals surface area contributed by atoms with Gasteiger partial charge in [-0.05, 0) is 12.8 Å². The van der Waals surface area contributed by atoms with E-state index in [1.54, 1.807) is 0 Å². The van der Waals surface area contributed by atoms with Crippen molar-refractivity contribution in [1.82, 2.24) is 14.9 Å². The molecule has 8 heteroatoms. The van der Waals surface area contributed by atoms with Crippen LogP contribution in [-0.2, 0) is 11.8 Å². The Bertz CT molecular complexity index is 666. The number of carbonyl (C=O) groups excluding carboxylic acids is 1. The van der Waals surface area contributed by atoms with Crippen LogP contribution in [0.3, 0.4) is 0 Å². The van der Waals surface area contributed by atoms with Crippen molar-refractivity contribution in [2.45, 2.75) is 31.2 Å².